The third-order valence-electron chi connectivity index (χ3n) is 1.40. The molecule has 8 heteroatoms. The van der Waals surface area contributed by atoms with Crippen LogP contribution in [-0.2, 0) is 14.3 Å². The van der Waals surface area contributed by atoms with Crippen molar-refractivity contribution in [2.45, 2.75) is 12.3 Å². The smallest absolute Gasteiger partial charge is 0.389 e. The summed E-state index contributed by atoms with van der Waals surface area (Å²) in [6.45, 7) is -0.819. The summed E-state index contributed by atoms with van der Waals surface area (Å²) < 4.78 is 44.4. The van der Waals surface area contributed by atoms with Crippen LogP contribution in [0.5, 0.6) is 0 Å². The largest absolute Gasteiger partial charge is 0.413 e. The maximum atomic E-state index is 11.6. The Morgan fingerprint density at radius 1 is 1.31 bits per heavy atom. The Balaban J connectivity index is 3.27. The number of ether oxygens (including phenoxy) is 2. The van der Waals surface area contributed by atoms with Crippen molar-refractivity contribution in [3.8, 4) is 0 Å². The second kappa shape index (κ2) is 8.71. The average Bonchev–Trinajstić information content (AvgIpc) is 2.18. The van der Waals surface area contributed by atoms with Crippen LogP contribution in [0.3, 0.4) is 0 Å². The van der Waals surface area contributed by atoms with Gasteiger partial charge in [-0.25, -0.2) is 0 Å². The second-order valence-corrected chi connectivity index (χ2v) is 2.97. The number of rotatable bonds is 9. The summed E-state index contributed by atoms with van der Waals surface area (Å²) in [6.07, 6.45) is -5.31. The van der Waals surface area contributed by atoms with Gasteiger partial charge in [-0.15, -0.1) is 0 Å². The van der Waals surface area contributed by atoms with E-state index < -0.39 is 18.9 Å². The van der Waals surface area contributed by atoms with E-state index in [0.717, 1.165) is 0 Å². The SMILES string of the molecule is COCCOCC(O)CNOCC(F)(F)F. The van der Waals surface area contributed by atoms with Gasteiger partial charge < -0.3 is 14.6 Å². The molecule has 0 radical (unpaired) electrons. The number of methoxy groups -OCH3 is 1. The van der Waals surface area contributed by atoms with Crippen LogP contribution in [0.25, 0.3) is 0 Å². The van der Waals surface area contributed by atoms with E-state index in [9.17, 15) is 18.3 Å². The number of alkyl halides is 3. The average molecular weight is 247 g/mol. The maximum absolute atomic E-state index is 11.6. The molecule has 0 aromatic carbocycles. The van der Waals surface area contributed by atoms with Crippen LogP contribution in [0.2, 0.25) is 0 Å². The number of nitrogens with one attached hydrogen (secondary N) is 1. The standard InChI is InChI=1S/C8H16F3NO4/c1-14-2-3-15-5-7(13)4-12-16-6-8(9,10)11/h7,12-13H,2-6H2,1H3. The number of halogens is 3. The normalized spacial score (nSPS) is 14.1. The zero-order valence-corrected chi connectivity index (χ0v) is 8.92. The minimum Gasteiger partial charge on any atom is -0.389 e. The monoisotopic (exact) mass is 247 g/mol. The molecule has 0 aromatic rings. The summed E-state index contributed by atoms with van der Waals surface area (Å²) in [6, 6.07) is 0. The molecule has 0 aliphatic carbocycles. The highest BCUT2D eigenvalue weighted by Gasteiger charge is 2.27. The highest BCUT2D eigenvalue weighted by atomic mass is 19.4. The van der Waals surface area contributed by atoms with E-state index in [0.29, 0.717) is 13.2 Å². The Labute approximate surface area is 91.4 Å². The van der Waals surface area contributed by atoms with Crippen LogP contribution in [0.15, 0.2) is 0 Å². The fourth-order valence-corrected chi connectivity index (χ4v) is 0.709. The van der Waals surface area contributed by atoms with Gasteiger partial charge in [0.25, 0.3) is 0 Å². The zero-order chi connectivity index (χ0) is 12.4. The topological polar surface area (TPSA) is 60.0 Å². The van der Waals surface area contributed by atoms with Crippen molar-refractivity contribution in [1.29, 1.82) is 0 Å². The Bertz CT molecular complexity index is 168. The summed E-state index contributed by atoms with van der Waals surface area (Å²) in [4.78, 5) is 4.08. The molecule has 0 amide bonds. The lowest BCUT2D eigenvalue weighted by atomic mass is 10.4. The van der Waals surface area contributed by atoms with Crippen molar-refractivity contribution in [2.24, 2.45) is 0 Å². The highest BCUT2D eigenvalue weighted by Crippen LogP contribution is 2.13. The molecule has 0 fully saturated rings. The summed E-state index contributed by atoms with van der Waals surface area (Å²) in [5.74, 6) is 0. The molecule has 1 unspecified atom stereocenters. The third kappa shape index (κ3) is 11.7. The van der Waals surface area contributed by atoms with E-state index >= 15 is 0 Å². The van der Waals surface area contributed by atoms with Crippen molar-refractivity contribution in [2.75, 3.05) is 40.1 Å². The molecular weight excluding hydrogens is 231 g/mol. The van der Waals surface area contributed by atoms with Gasteiger partial charge in [-0.3, -0.25) is 4.84 Å². The number of hydrogen-bond acceptors (Lipinski definition) is 5. The second-order valence-electron chi connectivity index (χ2n) is 2.97. The molecule has 0 aromatic heterocycles. The fraction of sp³-hybridized carbons (Fsp3) is 1.00. The van der Waals surface area contributed by atoms with E-state index in [2.05, 4.69) is 9.57 Å². The van der Waals surface area contributed by atoms with Gasteiger partial charge in [0.1, 0.15) is 0 Å². The van der Waals surface area contributed by atoms with Crippen molar-refractivity contribution in [3.63, 3.8) is 0 Å². The summed E-state index contributed by atoms with van der Waals surface area (Å²) >= 11 is 0. The summed E-state index contributed by atoms with van der Waals surface area (Å²) in [5.41, 5.74) is 2.00. The molecule has 98 valence electrons. The minimum absolute atomic E-state index is 0.00569. The van der Waals surface area contributed by atoms with E-state index in [1.807, 2.05) is 5.48 Å². The van der Waals surface area contributed by atoms with Gasteiger partial charge in [-0.05, 0) is 0 Å². The van der Waals surface area contributed by atoms with Gasteiger partial charge in [0.2, 0.25) is 0 Å². The Hall–Kier alpha value is -0.410. The Morgan fingerprint density at radius 3 is 2.56 bits per heavy atom. The van der Waals surface area contributed by atoms with Crippen molar-refractivity contribution in [3.05, 3.63) is 0 Å². The lowest BCUT2D eigenvalue weighted by Crippen LogP contribution is -2.33. The molecule has 0 aliphatic heterocycles. The lowest BCUT2D eigenvalue weighted by molar-refractivity contribution is -0.191. The molecule has 2 N–H and O–H groups in total. The Morgan fingerprint density at radius 2 is 2.00 bits per heavy atom. The molecule has 0 heterocycles. The van der Waals surface area contributed by atoms with E-state index in [-0.39, 0.29) is 13.2 Å². The van der Waals surface area contributed by atoms with E-state index in [1.165, 1.54) is 7.11 Å². The third-order valence-corrected chi connectivity index (χ3v) is 1.40. The van der Waals surface area contributed by atoms with Gasteiger partial charge in [-0.2, -0.15) is 18.7 Å². The molecule has 0 rings (SSSR count). The number of aliphatic hydroxyl groups excluding tert-OH is 1. The van der Waals surface area contributed by atoms with Crippen LogP contribution in [-0.4, -0.2) is 57.5 Å². The van der Waals surface area contributed by atoms with Crippen LogP contribution < -0.4 is 5.48 Å². The first-order valence-electron chi connectivity index (χ1n) is 4.62. The molecule has 0 saturated carbocycles. The van der Waals surface area contributed by atoms with Gasteiger partial charge >= 0.3 is 6.18 Å². The van der Waals surface area contributed by atoms with Crippen LogP contribution in [0.4, 0.5) is 13.2 Å². The first-order valence-corrected chi connectivity index (χ1v) is 4.62. The number of aliphatic hydroxyl groups is 1. The number of hydrogen-bond donors (Lipinski definition) is 2. The fourth-order valence-electron chi connectivity index (χ4n) is 0.709. The van der Waals surface area contributed by atoms with Crippen LogP contribution >= 0.6 is 0 Å². The minimum atomic E-state index is -4.38. The van der Waals surface area contributed by atoms with Crippen molar-refractivity contribution >= 4 is 0 Å². The van der Waals surface area contributed by atoms with Gasteiger partial charge in [-0.1, -0.05) is 0 Å². The zero-order valence-electron chi connectivity index (χ0n) is 8.92. The first kappa shape index (κ1) is 15.6. The molecule has 16 heavy (non-hydrogen) atoms. The predicted octanol–water partition coefficient (Wildman–Crippen LogP) is 0.0938. The van der Waals surface area contributed by atoms with E-state index in [1.54, 1.807) is 0 Å². The molecule has 0 bridgehead atoms. The molecule has 1 atom stereocenters. The molecule has 0 saturated heterocycles. The molecular formula is C8H16F3NO4. The lowest BCUT2D eigenvalue weighted by Gasteiger charge is -2.13. The van der Waals surface area contributed by atoms with Crippen molar-refractivity contribution < 1.29 is 32.6 Å². The van der Waals surface area contributed by atoms with Crippen LogP contribution in [0, 0.1) is 0 Å². The quantitative estimate of drug-likeness (QED) is 0.447. The predicted molar refractivity (Wildman–Crippen MR) is 48.7 cm³/mol. The molecule has 0 spiro atoms. The van der Waals surface area contributed by atoms with Gasteiger partial charge in [0.05, 0.1) is 25.9 Å². The van der Waals surface area contributed by atoms with Gasteiger partial charge in [0, 0.05) is 13.7 Å². The number of hydroxylamine groups is 1. The summed E-state index contributed by atoms with van der Waals surface area (Å²) in [5, 5.41) is 9.19. The molecule has 0 aliphatic rings. The first-order chi connectivity index (χ1) is 7.45. The van der Waals surface area contributed by atoms with Crippen LogP contribution in [0.1, 0.15) is 0 Å². The molecule has 5 nitrogen and oxygen atoms in total. The van der Waals surface area contributed by atoms with Gasteiger partial charge in [0.15, 0.2) is 6.61 Å². The highest BCUT2D eigenvalue weighted by molar-refractivity contribution is 4.54. The Kier molecular flexibility index (Phi) is 8.49. The summed E-state index contributed by atoms with van der Waals surface area (Å²) in [7, 11) is 1.51. The van der Waals surface area contributed by atoms with Crippen molar-refractivity contribution in [1.82, 2.24) is 5.48 Å². The van der Waals surface area contributed by atoms with E-state index in [4.69, 9.17) is 4.74 Å². The maximum Gasteiger partial charge on any atom is 0.413 e.